The van der Waals surface area contributed by atoms with Crippen molar-refractivity contribution >= 4 is 11.6 Å². The van der Waals surface area contributed by atoms with Crippen LogP contribution >= 0.6 is 0 Å². The fourth-order valence-electron chi connectivity index (χ4n) is 4.39. The molecule has 1 unspecified atom stereocenters. The van der Waals surface area contributed by atoms with E-state index in [1.807, 2.05) is 6.07 Å². The van der Waals surface area contributed by atoms with Gasteiger partial charge in [-0.25, -0.2) is 9.97 Å². The van der Waals surface area contributed by atoms with Crippen LogP contribution in [0.5, 0.6) is 0 Å². The Balaban J connectivity index is 1.66. The molecule has 0 amide bonds. The summed E-state index contributed by atoms with van der Waals surface area (Å²) in [7, 11) is 4.32. The lowest BCUT2D eigenvalue weighted by Crippen LogP contribution is -2.37. The van der Waals surface area contributed by atoms with Crippen LogP contribution in [-0.2, 0) is 0 Å². The largest absolute Gasteiger partial charge is 0.394 e. The van der Waals surface area contributed by atoms with E-state index in [0.717, 1.165) is 44.1 Å². The first-order chi connectivity index (χ1) is 11.6. The van der Waals surface area contributed by atoms with Gasteiger partial charge in [0.1, 0.15) is 18.0 Å². The molecule has 1 aromatic heterocycles. The quantitative estimate of drug-likeness (QED) is 0.795. The third-order valence-corrected chi connectivity index (χ3v) is 5.50. The van der Waals surface area contributed by atoms with E-state index in [-0.39, 0.29) is 12.6 Å². The van der Waals surface area contributed by atoms with Gasteiger partial charge in [0.05, 0.1) is 12.6 Å². The monoisotopic (exact) mass is 333 g/mol. The Morgan fingerprint density at radius 2 is 2.08 bits per heavy atom. The molecule has 6 nitrogen and oxygen atoms in total. The van der Waals surface area contributed by atoms with Crippen molar-refractivity contribution < 1.29 is 5.11 Å². The molecule has 134 valence electrons. The molecule has 1 aliphatic heterocycles. The van der Waals surface area contributed by atoms with E-state index >= 15 is 0 Å². The Labute approximate surface area is 145 Å². The summed E-state index contributed by atoms with van der Waals surface area (Å²) in [6.07, 6.45) is 9.02. The first kappa shape index (κ1) is 17.4. The molecule has 0 spiro atoms. The van der Waals surface area contributed by atoms with Gasteiger partial charge in [-0.1, -0.05) is 12.8 Å². The molecule has 0 aromatic carbocycles. The van der Waals surface area contributed by atoms with Gasteiger partial charge in [-0.3, -0.25) is 0 Å². The summed E-state index contributed by atoms with van der Waals surface area (Å²) in [6, 6.07) is 2.23. The first-order valence-corrected chi connectivity index (χ1v) is 9.20. The molecule has 3 rings (SSSR count). The molecular weight excluding hydrogens is 302 g/mol. The minimum absolute atomic E-state index is 0.193. The average molecular weight is 333 g/mol. The van der Waals surface area contributed by atoms with Crippen LogP contribution in [0.2, 0.25) is 0 Å². The van der Waals surface area contributed by atoms with E-state index in [1.165, 1.54) is 25.7 Å². The number of nitrogens with zero attached hydrogens (tertiary/aromatic N) is 4. The SMILES string of the molecule is CN(C)CC1(CNc2cc(N3CCCC3CO)ncn2)CCCC1. The Hall–Kier alpha value is -1.40. The number of nitrogens with one attached hydrogen (secondary N) is 1. The minimum atomic E-state index is 0.193. The highest BCUT2D eigenvalue weighted by Crippen LogP contribution is 2.38. The molecule has 1 atom stereocenters. The highest BCUT2D eigenvalue weighted by Gasteiger charge is 2.34. The maximum Gasteiger partial charge on any atom is 0.134 e. The van der Waals surface area contributed by atoms with E-state index in [4.69, 9.17) is 0 Å². The van der Waals surface area contributed by atoms with Crippen molar-refractivity contribution in [3.8, 4) is 0 Å². The van der Waals surface area contributed by atoms with E-state index in [1.54, 1.807) is 6.33 Å². The second-order valence-corrected chi connectivity index (χ2v) is 7.73. The van der Waals surface area contributed by atoms with Gasteiger partial charge in [0.2, 0.25) is 0 Å². The lowest BCUT2D eigenvalue weighted by molar-refractivity contribution is 0.215. The molecule has 2 N–H and O–H groups in total. The van der Waals surface area contributed by atoms with Gasteiger partial charge in [0.25, 0.3) is 0 Å². The number of rotatable bonds is 7. The summed E-state index contributed by atoms with van der Waals surface area (Å²) < 4.78 is 0. The topological polar surface area (TPSA) is 64.5 Å². The van der Waals surface area contributed by atoms with E-state index in [9.17, 15) is 5.11 Å². The third-order valence-electron chi connectivity index (χ3n) is 5.50. The first-order valence-electron chi connectivity index (χ1n) is 9.20. The second-order valence-electron chi connectivity index (χ2n) is 7.73. The Kier molecular flexibility index (Phi) is 5.56. The van der Waals surface area contributed by atoms with Crippen LogP contribution in [0, 0.1) is 5.41 Å². The summed E-state index contributed by atoms with van der Waals surface area (Å²) in [6.45, 7) is 3.24. The van der Waals surface area contributed by atoms with E-state index in [2.05, 4.69) is 39.2 Å². The van der Waals surface area contributed by atoms with Gasteiger partial charge >= 0.3 is 0 Å². The molecule has 1 aliphatic carbocycles. The van der Waals surface area contributed by atoms with Crippen LogP contribution in [0.15, 0.2) is 12.4 Å². The summed E-state index contributed by atoms with van der Waals surface area (Å²) >= 11 is 0. The standard InChI is InChI=1S/C18H31N5O/c1-22(2)13-18(7-3-4-8-18)12-19-16-10-17(21-14-20-16)23-9-5-6-15(23)11-24/h10,14-15,24H,3-9,11-13H2,1-2H3,(H,19,20,21). The molecule has 1 aromatic rings. The smallest absolute Gasteiger partial charge is 0.134 e. The third kappa shape index (κ3) is 3.98. The van der Waals surface area contributed by atoms with Gasteiger partial charge in [-0.2, -0.15) is 0 Å². The maximum absolute atomic E-state index is 9.53. The van der Waals surface area contributed by atoms with Crippen LogP contribution in [0.25, 0.3) is 0 Å². The van der Waals surface area contributed by atoms with Crippen molar-refractivity contribution in [3.05, 3.63) is 12.4 Å². The van der Waals surface area contributed by atoms with Crippen molar-refractivity contribution in [2.45, 2.75) is 44.6 Å². The molecule has 0 radical (unpaired) electrons. The van der Waals surface area contributed by atoms with Crippen molar-refractivity contribution in [1.29, 1.82) is 0 Å². The number of anilines is 2. The van der Waals surface area contributed by atoms with Gasteiger partial charge in [0, 0.05) is 31.1 Å². The predicted octanol–water partition coefficient (Wildman–Crippen LogP) is 1.97. The zero-order valence-corrected chi connectivity index (χ0v) is 15.0. The van der Waals surface area contributed by atoms with Gasteiger partial charge in [0.15, 0.2) is 0 Å². The summed E-state index contributed by atoms with van der Waals surface area (Å²) in [5.74, 6) is 1.82. The minimum Gasteiger partial charge on any atom is -0.394 e. The number of hydrogen-bond acceptors (Lipinski definition) is 6. The number of aromatic nitrogens is 2. The zero-order valence-electron chi connectivity index (χ0n) is 15.0. The van der Waals surface area contributed by atoms with Crippen molar-refractivity contribution in [2.24, 2.45) is 5.41 Å². The van der Waals surface area contributed by atoms with Gasteiger partial charge in [-0.05, 0) is 39.8 Å². The van der Waals surface area contributed by atoms with Crippen LogP contribution < -0.4 is 10.2 Å². The fraction of sp³-hybridized carbons (Fsp3) is 0.778. The molecule has 2 heterocycles. The highest BCUT2D eigenvalue weighted by molar-refractivity contribution is 5.50. The number of hydrogen-bond donors (Lipinski definition) is 2. The Morgan fingerprint density at radius 1 is 1.29 bits per heavy atom. The van der Waals surface area contributed by atoms with Crippen molar-refractivity contribution in [3.63, 3.8) is 0 Å². The lowest BCUT2D eigenvalue weighted by atomic mass is 9.85. The molecule has 6 heteroatoms. The highest BCUT2D eigenvalue weighted by atomic mass is 16.3. The molecule has 1 saturated heterocycles. The molecule has 2 fully saturated rings. The van der Waals surface area contributed by atoms with Crippen LogP contribution in [0.1, 0.15) is 38.5 Å². The maximum atomic E-state index is 9.53. The van der Waals surface area contributed by atoms with Crippen molar-refractivity contribution in [2.75, 3.05) is 50.6 Å². The summed E-state index contributed by atoms with van der Waals surface area (Å²) in [5, 5.41) is 13.1. The van der Waals surface area contributed by atoms with Crippen LogP contribution in [-0.4, -0.2) is 66.4 Å². The second kappa shape index (κ2) is 7.66. The molecule has 24 heavy (non-hydrogen) atoms. The molecule has 1 saturated carbocycles. The predicted molar refractivity (Wildman–Crippen MR) is 97.4 cm³/mol. The average Bonchev–Trinajstić information content (AvgIpc) is 3.22. The Morgan fingerprint density at radius 3 is 2.79 bits per heavy atom. The number of aliphatic hydroxyl groups is 1. The van der Waals surface area contributed by atoms with Crippen LogP contribution in [0.4, 0.5) is 11.6 Å². The lowest BCUT2D eigenvalue weighted by Gasteiger charge is -2.32. The number of aliphatic hydroxyl groups excluding tert-OH is 1. The van der Waals surface area contributed by atoms with Crippen molar-refractivity contribution in [1.82, 2.24) is 14.9 Å². The summed E-state index contributed by atoms with van der Waals surface area (Å²) in [4.78, 5) is 13.3. The normalized spacial score (nSPS) is 23.2. The summed E-state index contributed by atoms with van der Waals surface area (Å²) in [5.41, 5.74) is 0.357. The van der Waals surface area contributed by atoms with Gasteiger partial charge in [-0.15, -0.1) is 0 Å². The van der Waals surface area contributed by atoms with Gasteiger partial charge < -0.3 is 20.2 Å². The molecule has 0 bridgehead atoms. The van der Waals surface area contributed by atoms with E-state index in [0.29, 0.717) is 5.41 Å². The fourth-order valence-corrected chi connectivity index (χ4v) is 4.39. The Bertz CT molecular complexity index is 530. The molecule has 2 aliphatic rings. The van der Waals surface area contributed by atoms with E-state index < -0.39 is 0 Å². The zero-order chi connectivity index (χ0) is 17.0. The van der Waals surface area contributed by atoms with Crippen LogP contribution in [0.3, 0.4) is 0 Å². The molecular formula is C18H31N5O.